The summed E-state index contributed by atoms with van der Waals surface area (Å²) >= 11 is 3.86. The maximum Gasteiger partial charge on any atom is 0.268 e. The second-order valence-corrected chi connectivity index (χ2v) is 5.74. The van der Waals surface area contributed by atoms with E-state index in [4.69, 9.17) is 4.52 Å². The normalized spacial score (nSPS) is 15.3. The van der Waals surface area contributed by atoms with E-state index in [-0.39, 0.29) is 0 Å². The molecule has 0 N–H and O–H groups in total. The smallest absolute Gasteiger partial charge is 0.268 e. The summed E-state index contributed by atoms with van der Waals surface area (Å²) in [7, 11) is 0. The highest BCUT2D eigenvalue weighted by Crippen LogP contribution is 2.34. The van der Waals surface area contributed by atoms with Crippen LogP contribution in [-0.2, 0) is 12.8 Å². The van der Waals surface area contributed by atoms with Crippen LogP contribution in [-0.4, -0.2) is 10.1 Å². The molecule has 0 aliphatic heterocycles. The lowest BCUT2D eigenvalue weighted by Gasteiger charge is -2.08. The molecule has 0 saturated carbocycles. The summed E-state index contributed by atoms with van der Waals surface area (Å²) in [4.78, 5) is 6.87. The Balaban J connectivity index is 2.02. The molecule has 3 nitrogen and oxygen atoms in total. The molecule has 1 aliphatic carbocycles. The van der Waals surface area contributed by atoms with Gasteiger partial charge in [-0.05, 0) is 37.3 Å². The van der Waals surface area contributed by atoms with E-state index in [1.807, 2.05) is 0 Å². The van der Waals surface area contributed by atoms with Crippen LogP contribution in [0.15, 0.2) is 10.6 Å². The van der Waals surface area contributed by atoms with E-state index in [0.717, 1.165) is 4.88 Å². The molecule has 2 heterocycles. The summed E-state index contributed by atoms with van der Waals surface area (Å²) in [6, 6.07) is 2.21. The van der Waals surface area contributed by atoms with E-state index >= 15 is 0 Å². The van der Waals surface area contributed by atoms with Crippen LogP contribution in [0.25, 0.3) is 10.8 Å². The summed E-state index contributed by atoms with van der Waals surface area (Å²) in [5, 5.41) is 3.81. The number of thiophene rings is 1. The van der Waals surface area contributed by atoms with Gasteiger partial charge in [0.2, 0.25) is 3.83 Å². The molecular weight excluding hydrogens is 323 g/mol. The molecule has 2 aromatic heterocycles. The minimum Gasteiger partial charge on any atom is -0.332 e. The molecule has 5 heteroatoms. The zero-order valence-corrected chi connectivity index (χ0v) is 11.0. The molecule has 0 radical (unpaired) electrons. The van der Waals surface area contributed by atoms with Gasteiger partial charge in [0.15, 0.2) is 0 Å². The van der Waals surface area contributed by atoms with Gasteiger partial charge in [-0.15, -0.1) is 11.3 Å². The summed E-state index contributed by atoms with van der Waals surface area (Å²) < 4.78 is 5.84. The minimum absolute atomic E-state index is 0.666. The van der Waals surface area contributed by atoms with E-state index in [2.05, 4.69) is 38.8 Å². The third-order valence-electron chi connectivity index (χ3n) is 2.61. The first-order valence-corrected chi connectivity index (χ1v) is 6.83. The maximum absolute atomic E-state index is 5.17. The number of nitrogens with zero attached hydrogens (tertiary/aromatic N) is 2. The van der Waals surface area contributed by atoms with Gasteiger partial charge >= 0.3 is 0 Å². The van der Waals surface area contributed by atoms with Gasteiger partial charge in [-0.1, -0.05) is 5.16 Å². The van der Waals surface area contributed by atoms with E-state index in [0.29, 0.717) is 9.72 Å². The topological polar surface area (TPSA) is 38.9 Å². The van der Waals surface area contributed by atoms with Crippen LogP contribution in [0.3, 0.4) is 0 Å². The number of halogens is 1. The second kappa shape index (κ2) is 3.86. The lowest BCUT2D eigenvalue weighted by Crippen LogP contribution is -1.96. The number of hydrogen-bond acceptors (Lipinski definition) is 4. The van der Waals surface area contributed by atoms with Crippen molar-refractivity contribution in [1.82, 2.24) is 10.1 Å². The molecule has 0 bridgehead atoms. The summed E-state index contributed by atoms with van der Waals surface area (Å²) in [5.41, 5.74) is 1.48. The molecule has 0 spiro atoms. The van der Waals surface area contributed by atoms with Gasteiger partial charge in [-0.3, -0.25) is 0 Å². The predicted octanol–water partition coefficient (Wildman–Crippen LogP) is 3.28. The Morgan fingerprint density at radius 3 is 2.93 bits per heavy atom. The zero-order chi connectivity index (χ0) is 10.3. The molecule has 3 rings (SSSR count). The highest BCUT2D eigenvalue weighted by molar-refractivity contribution is 14.1. The van der Waals surface area contributed by atoms with Gasteiger partial charge < -0.3 is 4.52 Å². The fraction of sp³-hybridized carbons (Fsp3) is 0.400. The van der Waals surface area contributed by atoms with E-state index < -0.39 is 0 Å². The highest BCUT2D eigenvalue weighted by Gasteiger charge is 2.17. The van der Waals surface area contributed by atoms with Crippen LogP contribution in [0.2, 0.25) is 0 Å². The summed E-state index contributed by atoms with van der Waals surface area (Å²) in [5.74, 6) is 0.666. The van der Waals surface area contributed by atoms with E-state index in [1.54, 1.807) is 11.3 Å². The zero-order valence-electron chi connectivity index (χ0n) is 7.99. The fourth-order valence-corrected chi connectivity index (χ4v) is 3.39. The first-order chi connectivity index (χ1) is 7.33. The van der Waals surface area contributed by atoms with Gasteiger partial charge in [0.25, 0.3) is 5.89 Å². The highest BCUT2D eigenvalue weighted by atomic mass is 127. The van der Waals surface area contributed by atoms with Crippen molar-refractivity contribution in [2.75, 3.05) is 0 Å². The molecule has 1 aliphatic rings. The molecule has 0 amide bonds. The number of rotatable bonds is 1. The van der Waals surface area contributed by atoms with Gasteiger partial charge in [0.05, 0.1) is 4.88 Å². The first kappa shape index (κ1) is 9.77. The number of aromatic nitrogens is 2. The quantitative estimate of drug-likeness (QED) is 0.753. The average Bonchev–Trinajstić information content (AvgIpc) is 2.82. The van der Waals surface area contributed by atoms with Gasteiger partial charge in [0, 0.05) is 27.5 Å². The number of aryl methyl sites for hydroxylation is 2. The van der Waals surface area contributed by atoms with Crippen LogP contribution < -0.4 is 0 Å². The largest absolute Gasteiger partial charge is 0.332 e. The summed E-state index contributed by atoms with van der Waals surface area (Å²) in [6.07, 6.45) is 5.04. The molecule has 0 atom stereocenters. The number of hydrogen-bond donors (Lipinski definition) is 0. The third-order valence-corrected chi connectivity index (χ3v) is 4.27. The molecule has 0 saturated heterocycles. The van der Waals surface area contributed by atoms with Crippen LogP contribution in [0.1, 0.15) is 23.3 Å². The molecular formula is C10H9IN2OS. The average molecular weight is 332 g/mol. The minimum atomic E-state index is 0.666. The Hall–Kier alpha value is -0.430. The Kier molecular flexibility index (Phi) is 2.51. The monoisotopic (exact) mass is 332 g/mol. The lowest BCUT2D eigenvalue weighted by molar-refractivity contribution is 0.426. The Labute approximate surface area is 105 Å². The van der Waals surface area contributed by atoms with Gasteiger partial charge in [-0.2, -0.15) is 4.98 Å². The van der Waals surface area contributed by atoms with Crippen molar-refractivity contribution in [2.24, 2.45) is 0 Å². The van der Waals surface area contributed by atoms with Crippen LogP contribution >= 0.6 is 33.9 Å². The van der Waals surface area contributed by atoms with Gasteiger partial charge in [-0.25, -0.2) is 0 Å². The molecule has 0 fully saturated rings. The van der Waals surface area contributed by atoms with Crippen molar-refractivity contribution in [1.29, 1.82) is 0 Å². The van der Waals surface area contributed by atoms with E-state index in [1.165, 1.54) is 36.1 Å². The molecule has 0 aromatic carbocycles. The SMILES string of the molecule is Ic1noc(-c2cc3c(s2)CCCC3)n1. The Morgan fingerprint density at radius 2 is 2.20 bits per heavy atom. The molecule has 0 unspecified atom stereocenters. The van der Waals surface area contributed by atoms with Gasteiger partial charge in [0.1, 0.15) is 0 Å². The summed E-state index contributed by atoms with van der Waals surface area (Å²) in [6.45, 7) is 0. The van der Waals surface area contributed by atoms with Crippen molar-refractivity contribution in [3.63, 3.8) is 0 Å². The standard InChI is InChI=1S/C10H9IN2OS/c11-10-12-9(14-13-10)8-5-6-3-1-2-4-7(6)15-8/h5H,1-4H2. The molecule has 15 heavy (non-hydrogen) atoms. The molecule has 2 aromatic rings. The van der Waals surface area contributed by atoms with Crippen LogP contribution in [0, 0.1) is 3.83 Å². The predicted molar refractivity (Wildman–Crippen MR) is 67.0 cm³/mol. The van der Waals surface area contributed by atoms with Crippen molar-refractivity contribution >= 4 is 33.9 Å². The van der Waals surface area contributed by atoms with E-state index in [9.17, 15) is 0 Å². The lowest BCUT2D eigenvalue weighted by atomic mass is 9.99. The Bertz CT molecular complexity index is 468. The second-order valence-electron chi connectivity index (χ2n) is 3.63. The van der Waals surface area contributed by atoms with Crippen molar-refractivity contribution in [3.05, 3.63) is 20.3 Å². The fourth-order valence-electron chi connectivity index (χ4n) is 1.90. The third kappa shape index (κ3) is 1.82. The van der Waals surface area contributed by atoms with Crippen LogP contribution in [0.4, 0.5) is 0 Å². The van der Waals surface area contributed by atoms with Crippen molar-refractivity contribution in [3.8, 4) is 10.8 Å². The molecule has 78 valence electrons. The first-order valence-electron chi connectivity index (χ1n) is 4.94. The van der Waals surface area contributed by atoms with Crippen molar-refractivity contribution in [2.45, 2.75) is 25.7 Å². The number of fused-ring (bicyclic) bond motifs is 1. The Morgan fingerprint density at radius 1 is 1.33 bits per heavy atom. The van der Waals surface area contributed by atoms with Crippen LogP contribution in [0.5, 0.6) is 0 Å². The maximum atomic E-state index is 5.17. The van der Waals surface area contributed by atoms with Crippen molar-refractivity contribution < 1.29 is 4.52 Å².